The van der Waals surface area contributed by atoms with Crippen LogP contribution < -0.4 is 10.1 Å². The van der Waals surface area contributed by atoms with Crippen molar-refractivity contribution in [3.63, 3.8) is 0 Å². The average molecular weight is 297 g/mol. The number of ether oxygens (including phenoxy) is 1. The molecule has 116 valence electrons. The normalized spacial score (nSPS) is 11.7. The minimum Gasteiger partial charge on any atom is -0.494 e. The molecule has 0 aliphatic rings. The van der Waals surface area contributed by atoms with Crippen LogP contribution in [0.1, 0.15) is 25.3 Å². The van der Waals surface area contributed by atoms with Crippen LogP contribution in [0.15, 0.2) is 24.3 Å². The topological polar surface area (TPSA) is 75.6 Å². The summed E-state index contributed by atoms with van der Waals surface area (Å²) in [5.74, 6) is -1.08. The van der Waals surface area contributed by atoms with Gasteiger partial charge in [-0.25, -0.2) is 9.18 Å². The van der Waals surface area contributed by atoms with Crippen LogP contribution in [-0.4, -0.2) is 36.3 Å². The van der Waals surface area contributed by atoms with Crippen molar-refractivity contribution in [2.24, 2.45) is 0 Å². The molecule has 0 aliphatic carbocycles. The number of benzene rings is 1. The molecule has 0 spiro atoms. The third-order valence-electron chi connectivity index (χ3n) is 2.82. The zero-order valence-corrected chi connectivity index (χ0v) is 12.0. The predicted octanol–water partition coefficient (Wildman–Crippen LogP) is 1.95. The Labute approximate surface area is 123 Å². The Bertz CT molecular complexity index is 461. The molecule has 1 atom stereocenters. The second-order valence-corrected chi connectivity index (χ2v) is 4.61. The fourth-order valence-electron chi connectivity index (χ4n) is 1.66. The van der Waals surface area contributed by atoms with E-state index in [9.17, 15) is 14.0 Å². The fourth-order valence-corrected chi connectivity index (χ4v) is 1.66. The summed E-state index contributed by atoms with van der Waals surface area (Å²) in [6.07, 6.45) is 1.50. The maximum Gasteiger partial charge on any atom is 0.328 e. The maximum absolute atomic E-state index is 12.4. The lowest BCUT2D eigenvalue weighted by atomic mass is 10.1. The van der Waals surface area contributed by atoms with Gasteiger partial charge in [-0.15, -0.1) is 0 Å². The van der Waals surface area contributed by atoms with E-state index in [1.165, 1.54) is 0 Å². The molecule has 0 saturated carbocycles. The van der Waals surface area contributed by atoms with Gasteiger partial charge in [0, 0.05) is 6.42 Å². The third kappa shape index (κ3) is 6.25. The van der Waals surface area contributed by atoms with Gasteiger partial charge < -0.3 is 15.2 Å². The number of alkyl halides is 1. The van der Waals surface area contributed by atoms with Gasteiger partial charge in [-0.3, -0.25) is 4.79 Å². The highest BCUT2D eigenvalue weighted by Gasteiger charge is 2.19. The summed E-state index contributed by atoms with van der Waals surface area (Å²) in [6, 6.07) is 5.88. The number of carboxylic acid groups (broad SMARTS) is 1. The van der Waals surface area contributed by atoms with E-state index in [-0.39, 0.29) is 6.42 Å². The quantitative estimate of drug-likeness (QED) is 0.730. The number of amides is 1. The zero-order valence-electron chi connectivity index (χ0n) is 12.0. The summed E-state index contributed by atoms with van der Waals surface area (Å²) >= 11 is 0. The summed E-state index contributed by atoms with van der Waals surface area (Å²) in [5, 5.41) is 10.8. The van der Waals surface area contributed by atoms with Gasteiger partial charge in [0.05, 0.1) is 6.61 Å². The number of carbonyl (C=O) groups excluding carboxylic acids is 1. The smallest absolute Gasteiger partial charge is 0.328 e. The second-order valence-electron chi connectivity index (χ2n) is 4.61. The third-order valence-corrected chi connectivity index (χ3v) is 2.82. The van der Waals surface area contributed by atoms with E-state index in [4.69, 9.17) is 9.84 Å². The van der Waals surface area contributed by atoms with Crippen LogP contribution >= 0.6 is 0 Å². The Hall–Kier alpha value is -2.11. The number of halogens is 1. The highest BCUT2D eigenvalue weighted by atomic mass is 19.1. The molecule has 1 rings (SSSR count). The standard InChI is InChI=1S/C15H20FNO4/c1-2-9-21-12-6-3-11(4-7-12)5-8-14(18)17-13(10-16)15(19)20/h3-4,6-7,13H,2,5,8-10H2,1H3,(H,17,18)(H,19,20). The lowest BCUT2D eigenvalue weighted by molar-refractivity contribution is -0.142. The van der Waals surface area contributed by atoms with Gasteiger partial charge in [0.25, 0.3) is 0 Å². The molecule has 1 amide bonds. The van der Waals surface area contributed by atoms with Crippen molar-refractivity contribution in [2.75, 3.05) is 13.3 Å². The van der Waals surface area contributed by atoms with Crippen molar-refractivity contribution in [3.05, 3.63) is 29.8 Å². The average Bonchev–Trinajstić information content (AvgIpc) is 2.49. The summed E-state index contributed by atoms with van der Waals surface area (Å²) < 4.78 is 17.8. The fraction of sp³-hybridized carbons (Fsp3) is 0.467. The number of rotatable bonds is 9. The first-order valence-electron chi connectivity index (χ1n) is 6.86. The summed E-state index contributed by atoms with van der Waals surface area (Å²) in [6.45, 7) is 1.56. The van der Waals surface area contributed by atoms with E-state index in [0.29, 0.717) is 13.0 Å². The first-order valence-corrected chi connectivity index (χ1v) is 6.86. The Kier molecular flexibility index (Phi) is 7.21. The van der Waals surface area contributed by atoms with Crippen molar-refractivity contribution < 1.29 is 23.8 Å². The zero-order chi connectivity index (χ0) is 15.7. The molecular weight excluding hydrogens is 277 g/mol. The van der Waals surface area contributed by atoms with Crippen LogP contribution in [0.5, 0.6) is 5.75 Å². The highest BCUT2D eigenvalue weighted by molar-refractivity contribution is 5.83. The Balaban J connectivity index is 2.40. The van der Waals surface area contributed by atoms with Gasteiger partial charge in [0.15, 0.2) is 6.04 Å². The SMILES string of the molecule is CCCOc1ccc(CCC(=O)NC(CF)C(=O)O)cc1. The van der Waals surface area contributed by atoms with Crippen LogP contribution in [0.4, 0.5) is 4.39 Å². The monoisotopic (exact) mass is 297 g/mol. The highest BCUT2D eigenvalue weighted by Crippen LogP contribution is 2.13. The molecule has 21 heavy (non-hydrogen) atoms. The Morgan fingerprint density at radius 1 is 1.33 bits per heavy atom. The van der Waals surface area contributed by atoms with E-state index in [1.807, 2.05) is 31.2 Å². The van der Waals surface area contributed by atoms with Gasteiger partial charge in [-0.05, 0) is 30.5 Å². The van der Waals surface area contributed by atoms with Gasteiger partial charge >= 0.3 is 5.97 Å². The molecule has 1 unspecified atom stereocenters. The number of hydrogen-bond acceptors (Lipinski definition) is 3. The lowest BCUT2D eigenvalue weighted by Gasteiger charge is -2.10. The van der Waals surface area contributed by atoms with Crippen molar-refractivity contribution in [1.82, 2.24) is 5.32 Å². The van der Waals surface area contributed by atoms with Crippen LogP contribution in [-0.2, 0) is 16.0 Å². The van der Waals surface area contributed by atoms with Crippen molar-refractivity contribution >= 4 is 11.9 Å². The number of nitrogens with one attached hydrogen (secondary N) is 1. The number of aryl methyl sites for hydroxylation is 1. The Morgan fingerprint density at radius 3 is 2.52 bits per heavy atom. The molecule has 0 bridgehead atoms. The van der Waals surface area contributed by atoms with E-state index in [1.54, 1.807) is 0 Å². The molecule has 1 aromatic rings. The van der Waals surface area contributed by atoms with Gasteiger partial charge in [-0.1, -0.05) is 19.1 Å². The van der Waals surface area contributed by atoms with Gasteiger partial charge in [-0.2, -0.15) is 0 Å². The van der Waals surface area contributed by atoms with E-state index in [2.05, 4.69) is 5.32 Å². The molecule has 0 heterocycles. The predicted molar refractivity (Wildman–Crippen MR) is 76.1 cm³/mol. The van der Waals surface area contributed by atoms with Crippen LogP contribution in [0, 0.1) is 0 Å². The minimum absolute atomic E-state index is 0.110. The first-order chi connectivity index (χ1) is 10.1. The van der Waals surface area contributed by atoms with Gasteiger partial charge in [0.2, 0.25) is 5.91 Å². The largest absolute Gasteiger partial charge is 0.494 e. The first kappa shape index (κ1) is 16.9. The van der Waals surface area contributed by atoms with E-state index in [0.717, 1.165) is 17.7 Å². The van der Waals surface area contributed by atoms with Crippen molar-refractivity contribution in [3.8, 4) is 5.75 Å². The number of carbonyl (C=O) groups is 2. The van der Waals surface area contributed by atoms with E-state index < -0.39 is 24.6 Å². The summed E-state index contributed by atoms with van der Waals surface area (Å²) in [7, 11) is 0. The van der Waals surface area contributed by atoms with Crippen LogP contribution in [0.2, 0.25) is 0 Å². The molecule has 0 saturated heterocycles. The van der Waals surface area contributed by atoms with Crippen LogP contribution in [0.3, 0.4) is 0 Å². The number of aliphatic carboxylic acids is 1. The van der Waals surface area contributed by atoms with E-state index >= 15 is 0 Å². The molecule has 1 aromatic carbocycles. The van der Waals surface area contributed by atoms with Crippen LogP contribution in [0.25, 0.3) is 0 Å². The Morgan fingerprint density at radius 2 is 2.00 bits per heavy atom. The molecule has 0 aromatic heterocycles. The molecule has 0 aliphatic heterocycles. The number of carboxylic acids is 1. The molecule has 5 nitrogen and oxygen atoms in total. The molecule has 0 fully saturated rings. The van der Waals surface area contributed by atoms with Crippen molar-refractivity contribution in [2.45, 2.75) is 32.2 Å². The summed E-state index contributed by atoms with van der Waals surface area (Å²) in [4.78, 5) is 22.1. The molecule has 6 heteroatoms. The van der Waals surface area contributed by atoms with Gasteiger partial charge in [0.1, 0.15) is 12.4 Å². The maximum atomic E-state index is 12.4. The lowest BCUT2D eigenvalue weighted by Crippen LogP contribution is -2.42. The summed E-state index contributed by atoms with van der Waals surface area (Å²) in [5.41, 5.74) is 0.932. The minimum atomic E-state index is -1.47. The number of hydrogen-bond donors (Lipinski definition) is 2. The molecule has 0 radical (unpaired) electrons. The van der Waals surface area contributed by atoms with Crippen molar-refractivity contribution in [1.29, 1.82) is 0 Å². The molecular formula is C15H20FNO4. The second kappa shape index (κ2) is 8.94. The molecule has 2 N–H and O–H groups in total.